The highest BCUT2D eigenvalue weighted by molar-refractivity contribution is 5.88. The average Bonchev–Trinajstić information content (AvgIpc) is 2.08. The maximum atomic E-state index is 10.6. The highest BCUT2D eigenvalue weighted by Gasteiger charge is 1.94. The van der Waals surface area contributed by atoms with Crippen molar-refractivity contribution in [3.8, 4) is 6.19 Å². The SMILES string of the molecule is CC(=O)Nc1ccc(NC#N)cc1. The van der Waals surface area contributed by atoms with E-state index in [1.807, 2.05) is 0 Å². The van der Waals surface area contributed by atoms with E-state index in [9.17, 15) is 4.79 Å². The minimum absolute atomic E-state index is 0.110. The van der Waals surface area contributed by atoms with E-state index in [0.29, 0.717) is 5.69 Å². The van der Waals surface area contributed by atoms with Gasteiger partial charge in [-0.3, -0.25) is 10.1 Å². The Morgan fingerprint density at radius 1 is 1.31 bits per heavy atom. The quantitative estimate of drug-likeness (QED) is 0.529. The first-order valence-corrected chi connectivity index (χ1v) is 3.75. The number of hydrogen-bond acceptors (Lipinski definition) is 3. The van der Waals surface area contributed by atoms with Crippen LogP contribution in [0, 0.1) is 11.5 Å². The van der Waals surface area contributed by atoms with Crippen molar-refractivity contribution in [3.05, 3.63) is 24.3 Å². The number of hydrogen-bond donors (Lipinski definition) is 2. The van der Waals surface area contributed by atoms with Crippen LogP contribution in [0.3, 0.4) is 0 Å². The van der Waals surface area contributed by atoms with Crippen LogP contribution in [0.25, 0.3) is 0 Å². The molecule has 66 valence electrons. The predicted molar refractivity (Wildman–Crippen MR) is 50.0 cm³/mol. The number of benzene rings is 1. The number of nitrogens with one attached hydrogen (secondary N) is 2. The van der Waals surface area contributed by atoms with Crippen molar-refractivity contribution >= 4 is 17.3 Å². The molecule has 0 unspecified atom stereocenters. The monoisotopic (exact) mass is 175 g/mol. The molecule has 2 N–H and O–H groups in total. The van der Waals surface area contributed by atoms with Crippen LogP contribution in [-0.2, 0) is 4.79 Å². The molecule has 0 aliphatic rings. The van der Waals surface area contributed by atoms with Gasteiger partial charge in [-0.15, -0.1) is 0 Å². The molecule has 0 atom stereocenters. The van der Waals surface area contributed by atoms with Crippen molar-refractivity contribution in [2.75, 3.05) is 10.6 Å². The van der Waals surface area contributed by atoms with Crippen LogP contribution in [0.4, 0.5) is 11.4 Å². The molecule has 0 spiro atoms. The maximum absolute atomic E-state index is 10.6. The van der Waals surface area contributed by atoms with Crippen LogP contribution in [0.5, 0.6) is 0 Å². The largest absolute Gasteiger partial charge is 0.326 e. The summed E-state index contributed by atoms with van der Waals surface area (Å²) in [5, 5.41) is 13.4. The molecule has 1 amide bonds. The van der Waals surface area contributed by atoms with Crippen molar-refractivity contribution in [2.24, 2.45) is 0 Å². The average molecular weight is 175 g/mol. The molecule has 0 heterocycles. The number of nitrogens with zero attached hydrogens (tertiary/aromatic N) is 1. The minimum atomic E-state index is -0.110. The van der Waals surface area contributed by atoms with Crippen LogP contribution >= 0.6 is 0 Å². The molecule has 0 aromatic heterocycles. The smallest absolute Gasteiger partial charge is 0.221 e. The number of anilines is 2. The first kappa shape index (κ1) is 9.07. The Bertz CT molecular complexity index is 337. The van der Waals surface area contributed by atoms with Gasteiger partial charge >= 0.3 is 0 Å². The molecule has 4 nitrogen and oxygen atoms in total. The first-order valence-electron chi connectivity index (χ1n) is 3.75. The third-order valence-electron chi connectivity index (χ3n) is 1.41. The third-order valence-corrected chi connectivity index (χ3v) is 1.41. The van der Waals surface area contributed by atoms with Gasteiger partial charge in [-0.1, -0.05) is 0 Å². The fourth-order valence-corrected chi connectivity index (χ4v) is 0.905. The Hall–Kier alpha value is -2.02. The van der Waals surface area contributed by atoms with Crippen molar-refractivity contribution in [1.82, 2.24) is 0 Å². The minimum Gasteiger partial charge on any atom is -0.326 e. The molecule has 1 rings (SSSR count). The van der Waals surface area contributed by atoms with Gasteiger partial charge in [-0.05, 0) is 24.3 Å². The van der Waals surface area contributed by atoms with E-state index in [-0.39, 0.29) is 5.91 Å². The number of nitriles is 1. The second kappa shape index (κ2) is 4.12. The number of carbonyl (C=O) groups is 1. The van der Waals surface area contributed by atoms with Gasteiger partial charge in [0.15, 0.2) is 6.19 Å². The van der Waals surface area contributed by atoms with Crippen molar-refractivity contribution in [2.45, 2.75) is 6.92 Å². The fraction of sp³-hybridized carbons (Fsp3) is 0.111. The Labute approximate surface area is 76.2 Å². The highest BCUT2D eigenvalue weighted by Crippen LogP contribution is 2.12. The van der Waals surface area contributed by atoms with Crippen LogP contribution in [-0.4, -0.2) is 5.91 Å². The predicted octanol–water partition coefficient (Wildman–Crippen LogP) is 1.54. The lowest BCUT2D eigenvalue weighted by atomic mass is 10.3. The molecule has 0 fully saturated rings. The maximum Gasteiger partial charge on any atom is 0.221 e. The summed E-state index contributed by atoms with van der Waals surface area (Å²) in [6.07, 6.45) is 1.81. The van der Waals surface area contributed by atoms with E-state index in [0.717, 1.165) is 5.69 Å². The van der Waals surface area contributed by atoms with E-state index in [4.69, 9.17) is 5.26 Å². The number of carbonyl (C=O) groups excluding carboxylic acids is 1. The summed E-state index contributed by atoms with van der Waals surface area (Å²) in [4.78, 5) is 10.6. The summed E-state index contributed by atoms with van der Waals surface area (Å²) in [5.74, 6) is -0.110. The van der Waals surface area contributed by atoms with Crippen LogP contribution in [0.15, 0.2) is 24.3 Å². The fourth-order valence-electron chi connectivity index (χ4n) is 0.905. The third kappa shape index (κ3) is 2.83. The van der Waals surface area contributed by atoms with Gasteiger partial charge in [0.05, 0.1) is 0 Å². The topological polar surface area (TPSA) is 64.9 Å². The van der Waals surface area contributed by atoms with Crippen LogP contribution < -0.4 is 10.6 Å². The van der Waals surface area contributed by atoms with Gasteiger partial charge in [-0.2, -0.15) is 5.26 Å². The molecule has 0 saturated heterocycles. The van der Waals surface area contributed by atoms with E-state index in [2.05, 4.69) is 10.6 Å². The summed E-state index contributed by atoms with van der Waals surface area (Å²) in [6.45, 7) is 1.45. The molecular weight excluding hydrogens is 166 g/mol. The summed E-state index contributed by atoms with van der Waals surface area (Å²) in [7, 11) is 0. The Balaban J connectivity index is 2.70. The molecule has 13 heavy (non-hydrogen) atoms. The van der Waals surface area contributed by atoms with Gasteiger partial charge in [-0.25, -0.2) is 0 Å². The van der Waals surface area contributed by atoms with Crippen molar-refractivity contribution in [1.29, 1.82) is 5.26 Å². The van der Waals surface area contributed by atoms with Gasteiger partial charge in [0.2, 0.25) is 5.91 Å². The molecule has 0 aliphatic heterocycles. The molecule has 0 aliphatic carbocycles. The van der Waals surface area contributed by atoms with Gasteiger partial charge in [0, 0.05) is 18.3 Å². The molecular formula is C9H9N3O. The summed E-state index contributed by atoms with van der Waals surface area (Å²) >= 11 is 0. The zero-order valence-corrected chi connectivity index (χ0v) is 7.16. The van der Waals surface area contributed by atoms with E-state index in [1.165, 1.54) is 6.92 Å². The van der Waals surface area contributed by atoms with E-state index >= 15 is 0 Å². The molecule has 0 bridgehead atoms. The number of rotatable bonds is 2. The van der Waals surface area contributed by atoms with Crippen LogP contribution in [0.2, 0.25) is 0 Å². The van der Waals surface area contributed by atoms with E-state index in [1.54, 1.807) is 30.5 Å². The zero-order chi connectivity index (χ0) is 9.68. The lowest BCUT2D eigenvalue weighted by Crippen LogP contribution is -2.05. The summed E-state index contributed by atoms with van der Waals surface area (Å²) < 4.78 is 0. The van der Waals surface area contributed by atoms with Crippen LogP contribution in [0.1, 0.15) is 6.92 Å². The number of amides is 1. The second-order valence-corrected chi connectivity index (χ2v) is 2.50. The Kier molecular flexibility index (Phi) is 2.87. The second-order valence-electron chi connectivity index (χ2n) is 2.50. The summed E-state index contributed by atoms with van der Waals surface area (Å²) in [6, 6.07) is 6.88. The Morgan fingerprint density at radius 3 is 2.31 bits per heavy atom. The van der Waals surface area contributed by atoms with Gasteiger partial charge in [0.25, 0.3) is 0 Å². The van der Waals surface area contributed by atoms with Gasteiger partial charge < -0.3 is 5.32 Å². The first-order chi connectivity index (χ1) is 6.22. The zero-order valence-electron chi connectivity index (χ0n) is 7.16. The molecule has 0 radical (unpaired) electrons. The summed E-state index contributed by atoms with van der Waals surface area (Å²) in [5.41, 5.74) is 1.42. The lowest BCUT2D eigenvalue weighted by Gasteiger charge is -2.02. The lowest BCUT2D eigenvalue weighted by molar-refractivity contribution is -0.114. The van der Waals surface area contributed by atoms with Crippen molar-refractivity contribution < 1.29 is 4.79 Å². The molecule has 4 heteroatoms. The Morgan fingerprint density at radius 2 is 1.85 bits per heavy atom. The standard InChI is InChI=1S/C9H9N3O/c1-7(13)12-9-4-2-8(3-5-9)11-6-10/h2-5,11H,1H3,(H,12,13). The van der Waals surface area contributed by atoms with Crippen molar-refractivity contribution in [3.63, 3.8) is 0 Å². The normalized spacial score (nSPS) is 8.62. The molecule has 1 aromatic carbocycles. The highest BCUT2D eigenvalue weighted by atomic mass is 16.1. The molecule has 0 saturated carbocycles. The van der Waals surface area contributed by atoms with Gasteiger partial charge in [0.1, 0.15) is 0 Å². The van der Waals surface area contributed by atoms with E-state index < -0.39 is 0 Å². The molecule has 1 aromatic rings.